The summed E-state index contributed by atoms with van der Waals surface area (Å²) < 4.78 is 10.5. The molecular weight excluding hydrogens is 390 g/mol. The first-order valence-corrected chi connectivity index (χ1v) is 10.0. The molecule has 1 heterocycles. The number of amides is 1. The Labute approximate surface area is 181 Å². The quantitative estimate of drug-likeness (QED) is 0.336. The maximum absolute atomic E-state index is 12.7. The molecule has 3 aromatic rings. The Balaban J connectivity index is 2.04. The first kappa shape index (κ1) is 21.9. The van der Waals surface area contributed by atoms with Crippen molar-refractivity contribution in [1.82, 2.24) is 15.5 Å². The third-order valence-corrected chi connectivity index (χ3v) is 4.91. The van der Waals surface area contributed by atoms with Gasteiger partial charge < -0.3 is 14.8 Å². The van der Waals surface area contributed by atoms with Crippen molar-refractivity contribution in [2.24, 2.45) is 0 Å². The number of rotatable bonds is 8. The number of aromatic nitrogens is 2. The Morgan fingerprint density at radius 3 is 2.68 bits per heavy atom. The normalized spacial score (nSPS) is 12.8. The van der Waals surface area contributed by atoms with Gasteiger partial charge in [0.1, 0.15) is 11.5 Å². The van der Waals surface area contributed by atoms with E-state index in [0.29, 0.717) is 29.6 Å². The van der Waals surface area contributed by atoms with Gasteiger partial charge in [-0.15, -0.1) is 0 Å². The van der Waals surface area contributed by atoms with Crippen molar-refractivity contribution >= 4 is 28.5 Å². The molecule has 0 bridgehead atoms. The zero-order valence-electron chi connectivity index (χ0n) is 18.1. The van der Waals surface area contributed by atoms with Gasteiger partial charge in [-0.3, -0.25) is 9.89 Å². The number of ether oxygens (including phenoxy) is 2. The number of carbonyl (C=O) groups is 1. The van der Waals surface area contributed by atoms with Gasteiger partial charge in [-0.2, -0.15) is 5.10 Å². The monoisotopic (exact) mass is 417 g/mol. The molecule has 0 saturated heterocycles. The highest BCUT2D eigenvalue weighted by atomic mass is 16.5. The molecule has 0 aliphatic rings. The molecule has 0 spiro atoms. The van der Waals surface area contributed by atoms with Crippen molar-refractivity contribution in [1.29, 1.82) is 0 Å². The Kier molecular flexibility index (Phi) is 7.27. The van der Waals surface area contributed by atoms with E-state index >= 15 is 0 Å². The van der Waals surface area contributed by atoms with Crippen LogP contribution in [0.3, 0.4) is 0 Å². The van der Waals surface area contributed by atoms with Gasteiger partial charge >= 0.3 is 0 Å². The van der Waals surface area contributed by atoms with Crippen LogP contribution in [-0.2, 0) is 14.3 Å². The highest BCUT2D eigenvalue weighted by molar-refractivity contribution is 6.03. The summed E-state index contributed by atoms with van der Waals surface area (Å²) in [6.07, 6.45) is 5.96. The van der Waals surface area contributed by atoms with Crippen LogP contribution < -0.4 is 15.9 Å². The second-order valence-electron chi connectivity index (χ2n) is 6.88. The van der Waals surface area contributed by atoms with Gasteiger partial charge in [0.25, 0.3) is 5.91 Å². The molecule has 0 saturated carbocycles. The van der Waals surface area contributed by atoms with Crippen LogP contribution in [0.1, 0.15) is 13.3 Å². The van der Waals surface area contributed by atoms with Gasteiger partial charge in [-0.1, -0.05) is 49.1 Å². The molecule has 0 fully saturated rings. The number of benzene rings is 2. The fraction of sp³-hybridized carbons (Fsp3) is 0.200. The summed E-state index contributed by atoms with van der Waals surface area (Å²) in [4.78, 5) is 12.7. The first-order valence-electron chi connectivity index (χ1n) is 10.0. The van der Waals surface area contributed by atoms with E-state index in [-0.39, 0.29) is 11.5 Å². The van der Waals surface area contributed by atoms with Crippen LogP contribution in [0.15, 0.2) is 67.0 Å². The number of hydrogen-bond donors (Lipinski definition) is 2. The maximum atomic E-state index is 12.7. The van der Waals surface area contributed by atoms with E-state index in [1.807, 2.05) is 37.3 Å². The molecule has 2 aromatic carbocycles. The number of methoxy groups -OCH3 is 2. The number of hydrogen-bond acceptors (Lipinski definition) is 4. The lowest BCUT2D eigenvalue weighted by molar-refractivity contribution is -0.117. The van der Waals surface area contributed by atoms with Gasteiger partial charge in [0, 0.05) is 12.1 Å². The highest BCUT2D eigenvalue weighted by Crippen LogP contribution is 2.21. The molecule has 160 valence electrons. The molecular formula is C25H27N3O3. The third-order valence-electron chi connectivity index (χ3n) is 4.91. The molecule has 0 aliphatic heterocycles. The molecule has 3 rings (SSSR count). The van der Waals surface area contributed by atoms with E-state index in [2.05, 4.69) is 46.4 Å². The summed E-state index contributed by atoms with van der Waals surface area (Å²) >= 11 is 0. The largest absolute Gasteiger partial charge is 0.505 e. The predicted octanol–water partition coefficient (Wildman–Crippen LogP) is 3.01. The van der Waals surface area contributed by atoms with E-state index in [9.17, 15) is 4.79 Å². The van der Waals surface area contributed by atoms with Crippen molar-refractivity contribution in [2.45, 2.75) is 13.3 Å². The number of fused-ring (bicyclic) bond motifs is 1. The van der Waals surface area contributed by atoms with Crippen molar-refractivity contribution in [3.8, 4) is 11.3 Å². The van der Waals surface area contributed by atoms with Crippen LogP contribution in [0.5, 0.6) is 0 Å². The lowest BCUT2D eigenvalue weighted by Crippen LogP contribution is -2.32. The number of aromatic amines is 1. The van der Waals surface area contributed by atoms with Crippen LogP contribution in [0.25, 0.3) is 33.9 Å². The van der Waals surface area contributed by atoms with Gasteiger partial charge in [0.15, 0.2) is 0 Å². The van der Waals surface area contributed by atoms with Crippen LogP contribution in [-0.4, -0.2) is 36.9 Å². The minimum atomic E-state index is -0.296. The summed E-state index contributed by atoms with van der Waals surface area (Å²) in [5, 5.41) is 14.1. The summed E-state index contributed by atoms with van der Waals surface area (Å²) in [6, 6.07) is 14.3. The Morgan fingerprint density at radius 2 is 1.97 bits per heavy atom. The van der Waals surface area contributed by atoms with Gasteiger partial charge in [-0.25, -0.2) is 0 Å². The first-order chi connectivity index (χ1) is 15.1. The maximum Gasteiger partial charge on any atom is 0.254 e. The zero-order chi connectivity index (χ0) is 22.2. The van der Waals surface area contributed by atoms with E-state index < -0.39 is 0 Å². The SMILES string of the molecule is C=C(C(=O)NCC/C=C\OC)/C(OC)=c1/c(-c2ccc3ccccc3c2)n[nH]/c1=C/C. The van der Waals surface area contributed by atoms with E-state index in [4.69, 9.17) is 9.47 Å². The second kappa shape index (κ2) is 10.3. The Bertz CT molecular complexity index is 1240. The topological polar surface area (TPSA) is 76.2 Å². The molecule has 0 aliphatic carbocycles. The standard InChI is InChI=1S/C25H27N3O3/c1-5-21-22(24(31-4)17(2)25(29)26-14-8-9-15-30-3)23(28-27-21)20-13-12-18-10-6-7-11-19(18)16-20/h5-7,9-13,15-16,27H,2,8,14H2,1,3-4H3,(H,26,29)/b15-9-,21-5+,24-22-. The van der Waals surface area contributed by atoms with Crippen LogP contribution in [0, 0.1) is 0 Å². The van der Waals surface area contributed by atoms with Crippen LogP contribution in [0.2, 0.25) is 0 Å². The van der Waals surface area contributed by atoms with E-state index in [1.54, 1.807) is 13.4 Å². The van der Waals surface area contributed by atoms with Crippen molar-refractivity contribution < 1.29 is 14.3 Å². The molecule has 1 amide bonds. The fourth-order valence-electron chi connectivity index (χ4n) is 3.36. The second-order valence-corrected chi connectivity index (χ2v) is 6.88. The minimum absolute atomic E-state index is 0.241. The summed E-state index contributed by atoms with van der Waals surface area (Å²) in [5.74, 6) is 0.0883. The molecule has 0 radical (unpaired) electrons. The molecule has 6 heteroatoms. The average molecular weight is 418 g/mol. The fourth-order valence-corrected chi connectivity index (χ4v) is 3.36. The molecule has 1 aromatic heterocycles. The number of carbonyl (C=O) groups excluding carboxylic acids is 1. The van der Waals surface area contributed by atoms with Crippen LogP contribution >= 0.6 is 0 Å². The molecule has 2 N–H and O–H groups in total. The van der Waals surface area contributed by atoms with Gasteiger partial charge in [0.2, 0.25) is 0 Å². The zero-order valence-corrected chi connectivity index (χ0v) is 18.1. The van der Waals surface area contributed by atoms with E-state index in [0.717, 1.165) is 21.7 Å². The lowest BCUT2D eigenvalue weighted by Gasteiger charge is -2.10. The van der Waals surface area contributed by atoms with Crippen LogP contribution in [0.4, 0.5) is 0 Å². The molecule has 31 heavy (non-hydrogen) atoms. The number of nitrogens with zero attached hydrogens (tertiary/aromatic N) is 1. The minimum Gasteiger partial charge on any atom is -0.505 e. The average Bonchev–Trinajstić information content (AvgIpc) is 3.22. The summed E-state index contributed by atoms with van der Waals surface area (Å²) in [6.45, 7) is 6.35. The van der Waals surface area contributed by atoms with E-state index in [1.165, 1.54) is 7.11 Å². The molecule has 6 nitrogen and oxygen atoms in total. The number of nitrogens with one attached hydrogen (secondary N) is 2. The predicted molar refractivity (Wildman–Crippen MR) is 124 cm³/mol. The lowest BCUT2D eigenvalue weighted by atomic mass is 10.0. The van der Waals surface area contributed by atoms with Crippen molar-refractivity contribution in [3.05, 3.63) is 77.5 Å². The summed E-state index contributed by atoms with van der Waals surface area (Å²) in [7, 11) is 3.11. The summed E-state index contributed by atoms with van der Waals surface area (Å²) in [5.41, 5.74) is 1.86. The smallest absolute Gasteiger partial charge is 0.254 e. The third kappa shape index (κ3) is 4.86. The van der Waals surface area contributed by atoms with Gasteiger partial charge in [-0.05, 0) is 36.3 Å². The number of H-pyrrole nitrogens is 1. The van der Waals surface area contributed by atoms with Crippen molar-refractivity contribution in [2.75, 3.05) is 20.8 Å². The highest BCUT2D eigenvalue weighted by Gasteiger charge is 2.18. The molecule has 0 atom stereocenters. The Morgan fingerprint density at radius 1 is 1.19 bits per heavy atom. The van der Waals surface area contributed by atoms with Gasteiger partial charge in [0.05, 0.1) is 36.6 Å². The molecule has 0 unspecified atom stereocenters. The van der Waals surface area contributed by atoms with Crippen molar-refractivity contribution in [3.63, 3.8) is 0 Å². The Hall–Kier alpha value is -3.80.